The first-order valence-electron chi connectivity index (χ1n) is 7.43. The van der Waals surface area contributed by atoms with Crippen LogP contribution in [0.5, 0.6) is 0 Å². The minimum Gasteiger partial charge on any atom is -0.334 e. The number of carbonyl (C=O) groups is 1. The topological polar surface area (TPSA) is 50.2 Å². The molecule has 2 fully saturated rings. The monoisotopic (exact) mass is 282 g/mol. The lowest BCUT2D eigenvalue weighted by Crippen LogP contribution is -2.35. The molecule has 4 rings (SSSR count). The number of benzene rings is 1. The molecule has 1 aromatic heterocycles. The number of hydrogen-bond donors (Lipinski definition) is 1. The zero-order valence-electron chi connectivity index (χ0n) is 11.8. The molecule has 1 aromatic carbocycles. The van der Waals surface area contributed by atoms with E-state index in [-0.39, 0.29) is 5.91 Å². The number of aromatic nitrogens is 2. The highest BCUT2D eigenvalue weighted by atomic mass is 16.2. The van der Waals surface area contributed by atoms with Crippen LogP contribution < -0.4 is 5.32 Å². The summed E-state index contributed by atoms with van der Waals surface area (Å²) >= 11 is 0. The molecule has 0 radical (unpaired) electrons. The highest BCUT2D eigenvalue weighted by Crippen LogP contribution is 2.27. The van der Waals surface area contributed by atoms with E-state index < -0.39 is 0 Å². The van der Waals surface area contributed by atoms with Crippen molar-refractivity contribution in [2.24, 2.45) is 0 Å². The molecular formula is C16H18N4O. The largest absolute Gasteiger partial charge is 0.334 e. The van der Waals surface area contributed by atoms with Crippen molar-refractivity contribution in [3.63, 3.8) is 0 Å². The Kier molecular flexibility index (Phi) is 3.00. The van der Waals surface area contributed by atoms with Gasteiger partial charge in [-0.1, -0.05) is 12.1 Å². The molecule has 2 atom stereocenters. The maximum absolute atomic E-state index is 12.1. The molecule has 1 amide bonds. The van der Waals surface area contributed by atoms with Crippen LogP contribution in [0.25, 0.3) is 5.69 Å². The molecule has 0 spiro atoms. The van der Waals surface area contributed by atoms with E-state index in [0.29, 0.717) is 25.0 Å². The van der Waals surface area contributed by atoms with Crippen LogP contribution in [0.2, 0.25) is 0 Å². The molecule has 1 N–H and O–H groups in total. The summed E-state index contributed by atoms with van der Waals surface area (Å²) in [6.45, 7) is 1.73. The molecule has 21 heavy (non-hydrogen) atoms. The summed E-state index contributed by atoms with van der Waals surface area (Å²) in [6, 6.07) is 10.9. The Balaban J connectivity index is 1.51. The average molecular weight is 282 g/mol. The van der Waals surface area contributed by atoms with Crippen LogP contribution in [0.15, 0.2) is 42.7 Å². The zero-order chi connectivity index (χ0) is 14.2. The Labute approximate surface area is 123 Å². The molecule has 0 saturated carbocycles. The van der Waals surface area contributed by atoms with Gasteiger partial charge in [-0.15, -0.1) is 0 Å². The van der Waals surface area contributed by atoms with E-state index in [4.69, 9.17) is 0 Å². The second kappa shape index (κ2) is 5.00. The molecule has 3 heterocycles. The molecule has 2 aromatic rings. The number of hydrogen-bond acceptors (Lipinski definition) is 3. The van der Waals surface area contributed by atoms with Gasteiger partial charge in [0.1, 0.15) is 0 Å². The second-order valence-electron chi connectivity index (χ2n) is 5.76. The smallest absolute Gasteiger partial charge is 0.224 e. The summed E-state index contributed by atoms with van der Waals surface area (Å²) in [5.41, 5.74) is 2.21. The lowest BCUT2D eigenvalue weighted by atomic mass is 10.1. The van der Waals surface area contributed by atoms with Gasteiger partial charge in [-0.2, -0.15) is 5.10 Å². The highest BCUT2D eigenvalue weighted by molar-refractivity contribution is 5.80. The second-order valence-corrected chi connectivity index (χ2v) is 5.76. The SMILES string of the molecule is O=C1C[C@@H]2NCC[C@@H]2N1Cc1ccc(-n2cccn2)cc1. The molecule has 5 heteroatoms. The van der Waals surface area contributed by atoms with Crippen molar-refractivity contribution in [2.75, 3.05) is 6.54 Å². The van der Waals surface area contributed by atoms with Crippen molar-refractivity contribution >= 4 is 5.91 Å². The zero-order valence-corrected chi connectivity index (χ0v) is 11.8. The van der Waals surface area contributed by atoms with Crippen molar-refractivity contribution in [3.05, 3.63) is 48.3 Å². The molecule has 2 aliphatic heterocycles. The van der Waals surface area contributed by atoms with Gasteiger partial charge in [-0.25, -0.2) is 4.68 Å². The van der Waals surface area contributed by atoms with E-state index in [1.54, 1.807) is 6.20 Å². The summed E-state index contributed by atoms with van der Waals surface area (Å²) in [5.74, 6) is 0.272. The van der Waals surface area contributed by atoms with E-state index in [2.05, 4.69) is 22.5 Å². The third-order valence-corrected chi connectivity index (χ3v) is 4.48. The van der Waals surface area contributed by atoms with Crippen LogP contribution >= 0.6 is 0 Å². The number of rotatable bonds is 3. The van der Waals surface area contributed by atoms with Crippen molar-refractivity contribution in [1.29, 1.82) is 0 Å². The van der Waals surface area contributed by atoms with Gasteiger partial charge in [-0.3, -0.25) is 4.79 Å². The van der Waals surface area contributed by atoms with Gasteiger partial charge in [0.15, 0.2) is 0 Å². The van der Waals surface area contributed by atoms with Crippen molar-refractivity contribution in [2.45, 2.75) is 31.5 Å². The molecule has 0 aliphatic carbocycles. The molecular weight excluding hydrogens is 264 g/mol. The predicted molar refractivity (Wildman–Crippen MR) is 78.9 cm³/mol. The Morgan fingerprint density at radius 2 is 2.14 bits per heavy atom. The molecule has 2 saturated heterocycles. The third-order valence-electron chi connectivity index (χ3n) is 4.48. The Morgan fingerprint density at radius 1 is 1.29 bits per heavy atom. The summed E-state index contributed by atoms with van der Waals surface area (Å²) < 4.78 is 1.84. The van der Waals surface area contributed by atoms with Gasteiger partial charge in [0, 0.05) is 37.4 Å². The van der Waals surface area contributed by atoms with Crippen LogP contribution in [-0.2, 0) is 11.3 Å². The summed E-state index contributed by atoms with van der Waals surface area (Å²) in [5, 5.41) is 7.64. The van der Waals surface area contributed by atoms with Gasteiger partial charge in [-0.05, 0) is 36.7 Å². The molecule has 0 unspecified atom stereocenters. The first-order valence-corrected chi connectivity index (χ1v) is 7.43. The number of nitrogens with one attached hydrogen (secondary N) is 1. The Morgan fingerprint density at radius 3 is 2.90 bits per heavy atom. The lowest BCUT2D eigenvalue weighted by Gasteiger charge is -2.23. The number of carbonyl (C=O) groups excluding carboxylic acids is 1. The van der Waals surface area contributed by atoms with E-state index in [0.717, 1.165) is 18.7 Å². The maximum Gasteiger partial charge on any atom is 0.224 e. The van der Waals surface area contributed by atoms with Gasteiger partial charge in [0.2, 0.25) is 5.91 Å². The number of fused-ring (bicyclic) bond motifs is 1. The van der Waals surface area contributed by atoms with E-state index in [1.165, 1.54) is 5.56 Å². The minimum absolute atomic E-state index is 0.272. The Hall–Kier alpha value is -2.14. The summed E-state index contributed by atoms with van der Waals surface area (Å²) in [6.07, 6.45) is 5.41. The van der Waals surface area contributed by atoms with E-state index in [9.17, 15) is 4.79 Å². The number of nitrogens with zero attached hydrogens (tertiary/aromatic N) is 3. The maximum atomic E-state index is 12.1. The molecule has 2 aliphatic rings. The molecule has 108 valence electrons. The first-order chi connectivity index (χ1) is 10.3. The lowest BCUT2D eigenvalue weighted by molar-refractivity contribution is -0.129. The van der Waals surface area contributed by atoms with Gasteiger partial charge in [0.05, 0.1) is 5.69 Å². The van der Waals surface area contributed by atoms with Crippen LogP contribution in [0, 0.1) is 0 Å². The first kappa shape index (κ1) is 12.6. The highest BCUT2D eigenvalue weighted by Gasteiger charge is 2.42. The Bertz CT molecular complexity index is 635. The van der Waals surface area contributed by atoms with Crippen LogP contribution in [0.3, 0.4) is 0 Å². The van der Waals surface area contributed by atoms with Crippen LogP contribution in [0.1, 0.15) is 18.4 Å². The fourth-order valence-corrected chi connectivity index (χ4v) is 3.40. The van der Waals surface area contributed by atoms with Gasteiger partial charge >= 0.3 is 0 Å². The third kappa shape index (κ3) is 2.23. The average Bonchev–Trinajstić information content (AvgIpc) is 3.20. The normalized spacial score (nSPS) is 24.6. The van der Waals surface area contributed by atoms with Gasteiger partial charge in [0.25, 0.3) is 0 Å². The standard InChI is InChI=1S/C16H18N4O/c21-16-10-14-15(6-8-17-14)19(16)11-12-2-4-13(5-3-12)20-9-1-7-18-20/h1-5,7,9,14-15,17H,6,8,10-11H2/t14-,15-/m0/s1. The number of amides is 1. The van der Waals surface area contributed by atoms with Crippen LogP contribution in [0.4, 0.5) is 0 Å². The molecule has 5 nitrogen and oxygen atoms in total. The van der Waals surface area contributed by atoms with E-state index in [1.807, 2.05) is 34.0 Å². The fraction of sp³-hybridized carbons (Fsp3) is 0.375. The minimum atomic E-state index is 0.272. The van der Waals surface area contributed by atoms with Crippen molar-refractivity contribution in [1.82, 2.24) is 20.0 Å². The van der Waals surface area contributed by atoms with Gasteiger partial charge < -0.3 is 10.2 Å². The predicted octanol–water partition coefficient (Wildman–Crippen LogP) is 1.34. The van der Waals surface area contributed by atoms with E-state index >= 15 is 0 Å². The van der Waals surface area contributed by atoms with Crippen molar-refractivity contribution in [3.8, 4) is 5.69 Å². The summed E-state index contributed by atoms with van der Waals surface area (Å²) in [4.78, 5) is 14.2. The number of likely N-dealkylation sites (tertiary alicyclic amines) is 1. The fourth-order valence-electron chi connectivity index (χ4n) is 3.40. The van der Waals surface area contributed by atoms with Crippen LogP contribution in [-0.4, -0.2) is 39.2 Å². The van der Waals surface area contributed by atoms with Crippen molar-refractivity contribution < 1.29 is 4.79 Å². The summed E-state index contributed by atoms with van der Waals surface area (Å²) in [7, 11) is 0. The quantitative estimate of drug-likeness (QED) is 0.924. The molecule has 0 bridgehead atoms.